The van der Waals surface area contributed by atoms with Crippen molar-refractivity contribution in [3.05, 3.63) is 0 Å². The van der Waals surface area contributed by atoms with Crippen LogP contribution in [0.5, 0.6) is 0 Å². The van der Waals surface area contributed by atoms with Gasteiger partial charge >= 0.3 is 0 Å². The first-order chi connectivity index (χ1) is 3.84. The topological polar surface area (TPSA) is 12.0 Å². The number of rotatable bonds is 1. The molecule has 1 nitrogen and oxygen atoms in total. The van der Waals surface area contributed by atoms with Crippen molar-refractivity contribution in [2.45, 2.75) is 32.2 Å². The molecule has 1 aliphatic rings. The molecule has 1 fully saturated rings. The molecule has 0 saturated heterocycles. The van der Waals surface area contributed by atoms with Crippen molar-refractivity contribution >= 4 is 11.8 Å². The Hall–Kier alpha value is 0.250. The van der Waals surface area contributed by atoms with E-state index in [1.54, 1.807) is 0 Å². The molecule has 0 unspecified atom stereocenters. The van der Waals surface area contributed by atoms with Gasteiger partial charge in [-0.15, -0.1) is 0 Å². The minimum Gasteiger partial charge on any atom is -0.230 e. The lowest BCUT2D eigenvalue weighted by Gasteiger charge is -2.10. The molecular formula is C6H12ClN. The minimum absolute atomic E-state index is 0.580. The van der Waals surface area contributed by atoms with Crippen LogP contribution in [0.25, 0.3) is 0 Å². The van der Waals surface area contributed by atoms with Gasteiger partial charge in [0.2, 0.25) is 0 Å². The highest BCUT2D eigenvalue weighted by Gasteiger charge is 2.21. The number of nitrogens with one attached hydrogen (secondary N) is 1. The molecule has 0 aliphatic heterocycles. The van der Waals surface area contributed by atoms with Gasteiger partial charge < -0.3 is 0 Å². The first-order valence-corrected chi connectivity index (χ1v) is 3.58. The van der Waals surface area contributed by atoms with Crippen LogP contribution in [0.3, 0.4) is 0 Å². The fourth-order valence-corrected chi connectivity index (χ4v) is 1.63. The van der Waals surface area contributed by atoms with Crippen molar-refractivity contribution < 1.29 is 0 Å². The smallest absolute Gasteiger partial charge is 0.0246 e. The molecule has 1 saturated carbocycles. The fourth-order valence-electron chi connectivity index (χ4n) is 1.31. The van der Waals surface area contributed by atoms with E-state index in [9.17, 15) is 0 Å². The molecule has 0 radical (unpaired) electrons. The van der Waals surface area contributed by atoms with Crippen LogP contribution in [0.1, 0.15) is 26.2 Å². The molecule has 0 heterocycles. The molecule has 0 bridgehead atoms. The van der Waals surface area contributed by atoms with Gasteiger partial charge in [0.25, 0.3) is 0 Å². The molecule has 48 valence electrons. The monoisotopic (exact) mass is 133 g/mol. The molecule has 8 heavy (non-hydrogen) atoms. The van der Waals surface area contributed by atoms with Crippen molar-refractivity contribution in [2.24, 2.45) is 5.92 Å². The highest BCUT2D eigenvalue weighted by Crippen LogP contribution is 2.24. The van der Waals surface area contributed by atoms with Crippen molar-refractivity contribution in [3.8, 4) is 0 Å². The molecule has 0 aromatic carbocycles. The fraction of sp³-hybridized carbons (Fsp3) is 1.00. The van der Waals surface area contributed by atoms with Crippen molar-refractivity contribution in [1.82, 2.24) is 4.84 Å². The number of hydrogen-bond donors (Lipinski definition) is 1. The van der Waals surface area contributed by atoms with Crippen LogP contribution >= 0.6 is 11.8 Å². The van der Waals surface area contributed by atoms with Crippen molar-refractivity contribution in [1.29, 1.82) is 0 Å². The van der Waals surface area contributed by atoms with Crippen LogP contribution < -0.4 is 4.84 Å². The molecule has 1 N–H and O–H groups in total. The molecule has 0 amide bonds. The molecule has 1 rings (SSSR count). The predicted molar refractivity (Wildman–Crippen MR) is 35.8 cm³/mol. The molecule has 0 spiro atoms. The summed E-state index contributed by atoms with van der Waals surface area (Å²) in [6, 6.07) is 0.580. The molecule has 0 aromatic heterocycles. The summed E-state index contributed by atoms with van der Waals surface area (Å²) in [4.78, 5) is 2.79. The third kappa shape index (κ3) is 1.15. The Kier molecular flexibility index (Phi) is 2.15. The van der Waals surface area contributed by atoms with Crippen LogP contribution in [-0.4, -0.2) is 6.04 Å². The SMILES string of the molecule is C[C@@H]1CCC[C@H]1NCl. The van der Waals surface area contributed by atoms with E-state index in [2.05, 4.69) is 11.8 Å². The van der Waals surface area contributed by atoms with Crippen LogP contribution in [0.15, 0.2) is 0 Å². The second kappa shape index (κ2) is 2.70. The molecule has 2 atom stereocenters. The van der Waals surface area contributed by atoms with Crippen LogP contribution in [0.4, 0.5) is 0 Å². The lowest BCUT2D eigenvalue weighted by molar-refractivity contribution is 0.497. The minimum atomic E-state index is 0.580. The highest BCUT2D eigenvalue weighted by molar-refractivity contribution is 6.13. The summed E-state index contributed by atoms with van der Waals surface area (Å²) in [5, 5.41) is 0. The summed E-state index contributed by atoms with van der Waals surface area (Å²) in [5.74, 6) is 0.785. The van der Waals surface area contributed by atoms with Gasteiger partial charge in [-0.3, -0.25) is 0 Å². The summed E-state index contributed by atoms with van der Waals surface area (Å²) < 4.78 is 0. The molecule has 0 aromatic rings. The van der Waals surface area contributed by atoms with Gasteiger partial charge in [-0.2, -0.15) is 0 Å². The average molecular weight is 134 g/mol. The Balaban J connectivity index is 2.30. The van der Waals surface area contributed by atoms with Crippen LogP contribution in [0, 0.1) is 5.92 Å². The lowest BCUT2D eigenvalue weighted by atomic mass is 10.1. The maximum Gasteiger partial charge on any atom is 0.0246 e. The Morgan fingerprint density at radius 1 is 1.50 bits per heavy atom. The van der Waals surface area contributed by atoms with E-state index in [0.717, 1.165) is 5.92 Å². The second-order valence-corrected chi connectivity index (χ2v) is 2.84. The Labute approximate surface area is 55.5 Å². The summed E-state index contributed by atoms with van der Waals surface area (Å²) in [7, 11) is 0. The zero-order valence-corrected chi connectivity index (χ0v) is 5.91. The van der Waals surface area contributed by atoms with Gasteiger partial charge in [-0.05, 0) is 30.5 Å². The maximum absolute atomic E-state index is 5.45. The standard InChI is InChI=1S/C6H12ClN/c1-5-3-2-4-6(5)8-7/h5-6,8H,2-4H2,1H3/t5-,6-/m1/s1. The maximum atomic E-state index is 5.45. The van der Waals surface area contributed by atoms with Gasteiger partial charge in [0.15, 0.2) is 0 Å². The van der Waals surface area contributed by atoms with E-state index >= 15 is 0 Å². The van der Waals surface area contributed by atoms with Gasteiger partial charge in [-0.25, -0.2) is 4.84 Å². The third-order valence-corrected chi connectivity index (χ3v) is 2.28. The average Bonchev–Trinajstić information content (AvgIpc) is 2.14. The van der Waals surface area contributed by atoms with E-state index in [1.165, 1.54) is 19.3 Å². The predicted octanol–water partition coefficient (Wildman–Crippen LogP) is 1.92. The number of halogens is 1. The Morgan fingerprint density at radius 3 is 2.50 bits per heavy atom. The summed E-state index contributed by atoms with van der Waals surface area (Å²) in [5.41, 5.74) is 0. The van der Waals surface area contributed by atoms with Gasteiger partial charge in [0.1, 0.15) is 0 Å². The van der Waals surface area contributed by atoms with E-state index in [-0.39, 0.29) is 0 Å². The summed E-state index contributed by atoms with van der Waals surface area (Å²) in [6.07, 6.45) is 3.93. The first-order valence-electron chi connectivity index (χ1n) is 3.20. The zero-order valence-electron chi connectivity index (χ0n) is 5.15. The van der Waals surface area contributed by atoms with Gasteiger partial charge in [0.05, 0.1) is 0 Å². The zero-order chi connectivity index (χ0) is 5.98. The Morgan fingerprint density at radius 2 is 2.25 bits per heavy atom. The molecular weight excluding hydrogens is 122 g/mol. The highest BCUT2D eigenvalue weighted by atomic mass is 35.5. The van der Waals surface area contributed by atoms with E-state index in [4.69, 9.17) is 11.8 Å². The molecule has 1 aliphatic carbocycles. The third-order valence-electron chi connectivity index (χ3n) is 2.00. The van der Waals surface area contributed by atoms with Gasteiger partial charge in [0, 0.05) is 6.04 Å². The Bertz CT molecular complexity index is 74.9. The van der Waals surface area contributed by atoms with Crippen molar-refractivity contribution in [3.63, 3.8) is 0 Å². The van der Waals surface area contributed by atoms with E-state index in [1.807, 2.05) is 0 Å². The largest absolute Gasteiger partial charge is 0.230 e. The molecule has 2 heteroatoms. The summed E-state index contributed by atoms with van der Waals surface area (Å²) in [6.45, 7) is 2.24. The second-order valence-electron chi connectivity index (χ2n) is 2.62. The number of hydrogen-bond acceptors (Lipinski definition) is 1. The van der Waals surface area contributed by atoms with Crippen molar-refractivity contribution in [2.75, 3.05) is 0 Å². The lowest BCUT2D eigenvalue weighted by Crippen LogP contribution is -2.22. The normalized spacial score (nSPS) is 38.2. The van der Waals surface area contributed by atoms with Crippen LogP contribution in [0.2, 0.25) is 0 Å². The van der Waals surface area contributed by atoms with Gasteiger partial charge in [-0.1, -0.05) is 13.3 Å². The summed E-state index contributed by atoms with van der Waals surface area (Å²) >= 11 is 5.45. The van der Waals surface area contributed by atoms with E-state index in [0.29, 0.717) is 6.04 Å². The van der Waals surface area contributed by atoms with E-state index < -0.39 is 0 Å². The quantitative estimate of drug-likeness (QED) is 0.539. The first kappa shape index (κ1) is 6.37. The van der Waals surface area contributed by atoms with Crippen LogP contribution in [-0.2, 0) is 0 Å².